The summed E-state index contributed by atoms with van der Waals surface area (Å²) < 4.78 is 23.2. The first-order chi connectivity index (χ1) is 7.29. The van der Waals surface area contributed by atoms with Crippen LogP contribution in [0.25, 0.3) is 0 Å². The molecule has 0 spiro atoms. The number of benzene rings is 1. The first-order valence-corrected chi connectivity index (χ1v) is 5.01. The van der Waals surface area contributed by atoms with Crippen molar-refractivity contribution in [3.05, 3.63) is 60.2 Å². The zero-order valence-corrected chi connectivity index (χ0v) is 8.50. The van der Waals surface area contributed by atoms with Gasteiger partial charge in [-0.2, -0.15) is 8.78 Å². The van der Waals surface area contributed by atoms with E-state index in [1.54, 1.807) is 6.08 Å². The molecule has 0 aliphatic carbocycles. The van der Waals surface area contributed by atoms with Crippen LogP contribution < -0.4 is 0 Å². The van der Waals surface area contributed by atoms with Gasteiger partial charge < -0.3 is 0 Å². The predicted molar refractivity (Wildman–Crippen MR) is 58.8 cm³/mol. The van der Waals surface area contributed by atoms with Crippen LogP contribution in [-0.2, 0) is 6.42 Å². The molecular formula is C13H14F2. The molecule has 0 nitrogen and oxygen atoms in total. The summed E-state index contributed by atoms with van der Waals surface area (Å²) in [7, 11) is 0. The van der Waals surface area contributed by atoms with Crippen molar-refractivity contribution in [1.82, 2.24) is 0 Å². The molecule has 0 aromatic heterocycles. The molecule has 2 heteroatoms. The summed E-state index contributed by atoms with van der Waals surface area (Å²) >= 11 is 0. The van der Waals surface area contributed by atoms with Gasteiger partial charge in [-0.25, -0.2) is 0 Å². The summed E-state index contributed by atoms with van der Waals surface area (Å²) in [5.74, 6) is 0. The lowest BCUT2D eigenvalue weighted by Gasteiger charge is -1.97. The standard InChI is InChI=1S/C13H14F2/c14-13(15)11-7-2-1-4-8-12-9-5-3-6-10-12/h2-3,5-7,9-11H,1,4,8H2/b7-2+. The minimum absolute atomic E-state index is 0.822. The minimum atomic E-state index is -1.64. The maximum atomic E-state index is 11.6. The maximum absolute atomic E-state index is 11.6. The van der Waals surface area contributed by atoms with E-state index in [4.69, 9.17) is 0 Å². The van der Waals surface area contributed by atoms with Crippen molar-refractivity contribution < 1.29 is 8.78 Å². The van der Waals surface area contributed by atoms with Gasteiger partial charge in [0.2, 0.25) is 0 Å². The highest BCUT2D eigenvalue weighted by molar-refractivity contribution is 5.14. The molecule has 0 N–H and O–H groups in total. The van der Waals surface area contributed by atoms with Gasteiger partial charge in [0.25, 0.3) is 6.08 Å². The van der Waals surface area contributed by atoms with Crippen molar-refractivity contribution in [1.29, 1.82) is 0 Å². The lowest BCUT2D eigenvalue weighted by molar-refractivity contribution is 0.422. The third-order valence-corrected chi connectivity index (χ3v) is 2.04. The summed E-state index contributed by atoms with van der Waals surface area (Å²) in [5.41, 5.74) is 1.29. The van der Waals surface area contributed by atoms with Crippen LogP contribution in [0.2, 0.25) is 0 Å². The minimum Gasteiger partial charge on any atom is -0.173 e. The molecule has 1 aromatic carbocycles. The zero-order chi connectivity index (χ0) is 10.9. The first kappa shape index (κ1) is 11.6. The van der Waals surface area contributed by atoms with Gasteiger partial charge in [-0.1, -0.05) is 42.5 Å². The molecule has 0 radical (unpaired) electrons. The van der Waals surface area contributed by atoms with Crippen LogP contribution in [0, 0.1) is 0 Å². The Kier molecular flexibility index (Phi) is 5.38. The fourth-order valence-electron chi connectivity index (χ4n) is 1.31. The van der Waals surface area contributed by atoms with E-state index >= 15 is 0 Å². The molecule has 80 valence electrons. The van der Waals surface area contributed by atoms with E-state index < -0.39 is 6.08 Å². The predicted octanol–water partition coefficient (Wildman–Crippen LogP) is 4.35. The van der Waals surface area contributed by atoms with Crippen molar-refractivity contribution in [3.8, 4) is 0 Å². The summed E-state index contributed by atoms with van der Waals surface area (Å²) in [6.45, 7) is 0. The third-order valence-electron chi connectivity index (χ3n) is 2.04. The highest BCUT2D eigenvalue weighted by Gasteiger charge is 1.89. The molecule has 0 saturated carbocycles. The van der Waals surface area contributed by atoms with E-state index in [9.17, 15) is 8.78 Å². The second kappa shape index (κ2) is 6.93. The van der Waals surface area contributed by atoms with Crippen molar-refractivity contribution in [2.75, 3.05) is 0 Å². The van der Waals surface area contributed by atoms with Gasteiger partial charge in [0.05, 0.1) is 0 Å². The third kappa shape index (κ3) is 5.78. The van der Waals surface area contributed by atoms with Crippen molar-refractivity contribution in [3.63, 3.8) is 0 Å². The van der Waals surface area contributed by atoms with Crippen molar-refractivity contribution in [2.24, 2.45) is 0 Å². The number of rotatable bonds is 5. The van der Waals surface area contributed by atoms with Crippen LogP contribution in [-0.4, -0.2) is 0 Å². The van der Waals surface area contributed by atoms with Gasteiger partial charge in [0.15, 0.2) is 0 Å². The monoisotopic (exact) mass is 208 g/mol. The number of allylic oxidation sites excluding steroid dienone is 3. The Morgan fingerprint density at radius 2 is 1.87 bits per heavy atom. The fraction of sp³-hybridized carbons (Fsp3) is 0.231. The molecule has 0 amide bonds. The first-order valence-electron chi connectivity index (χ1n) is 5.01. The lowest BCUT2D eigenvalue weighted by atomic mass is 10.1. The molecule has 1 rings (SSSR count). The molecule has 0 aliphatic rings. The summed E-state index contributed by atoms with van der Waals surface area (Å²) in [5, 5.41) is 0. The smallest absolute Gasteiger partial charge is 0.173 e. The number of hydrogen-bond donors (Lipinski definition) is 0. The fourth-order valence-corrected chi connectivity index (χ4v) is 1.31. The highest BCUT2D eigenvalue weighted by atomic mass is 19.3. The molecular weight excluding hydrogens is 194 g/mol. The SMILES string of the molecule is FC(F)=C/C=C/CCCc1ccccc1. The van der Waals surface area contributed by atoms with Crippen LogP contribution in [0.1, 0.15) is 18.4 Å². The average molecular weight is 208 g/mol. The number of unbranched alkanes of at least 4 members (excludes halogenated alkanes) is 1. The second-order valence-corrected chi connectivity index (χ2v) is 3.26. The van der Waals surface area contributed by atoms with E-state index in [2.05, 4.69) is 12.1 Å². The molecule has 15 heavy (non-hydrogen) atoms. The maximum Gasteiger partial charge on any atom is 0.270 e. The van der Waals surface area contributed by atoms with Gasteiger partial charge in [-0.15, -0.1) is 0 Å². The zero-order valence-electron chi connectivity index (χ0n) is 8.50. The van der Waals surface area contributed by atoms with E-state index in [1.807, 2.05) is 18.2 Å². The normalized spacial score (nSPS) is 10.5. The second-order valence-electron chi connectivity index (χ2n) is 3.26. The van der Waals surface area contributed by atoms with Crippen molar-refractivity contribution in [2.45, 2.75) is 19.3 Å². The lowest BCUT2D eigenvalue weighted by Crippen LogP contribution is -1.82. The Morgan fingerprint density at radius 3 is 2.53 bits per heavy atom. The van der Waals surface area contributed by atoms with Gasteiger partial charge in [0, 0.05) is 6.08 Å². The Labute approximate surface area is 88.9 Å². The largest absolute Gasteiger partial charge is 0.270 e. The average Bonchev–Trinajstić information content (AvgIpc) is 2.24. The van der Waals surface area contributed by atoms with Crippen molar-refractivity contribution >= 4 is 0 Å². The van der Waals surface area contributed by atoms with E-state index in [0.717, 1.165) is 25.3 Å². The molecule has 0 unspecified atom stereocenters. The Hall–Kier alpha value is -1.44. The van der Waals surface area contributed by atoms with Crippen LogP contribution >= 0.6 is 0 Å². The van der Waals surface area contributed by atoms with Crippen LogP contribution in [0.5, 0.6) is 0 Å². The van der Waals surface area contributed by atoms with Crippen LogP contribution in [0.4, 0.5) is 8.78 Å². The van der Waals surface area contributed by atoms with Gasteiger partial charge >= 0.3 is 0 Å². The van der Waals surface area contributed by atoms with E-state index in [-0.39, 0.29) is 0 Å². The Morgan fingerprint density at radius 1 is 1.13 bits per heavy atom. The van der Waals surface area contributed by atoms with Crippen LogP contribution in [0.15, 0.2) is 54.6 Å². The number of halogens is 2. The van der Waals surface area contributed by atoms with Crippen LogP contribution in [0.3, 0.4) is 0 Å². The number of aryl methyl sites for hydroxylation is 1. The molecule has 0 fully saturated rings. The molecule has 0 aliphatic heterocycles. The Bertz CT molecular complexity index is 322. The molecule has 0 saturated heterocycles. The molecule has 0 heterocycles. The summed E-state index contributed by atoms with van der Waals surface area (Å²) in [6.07, 6.45) is 5.16. The van der Waals surface area contributed by atoms with Gasteiger partial charge in [0.1, 0.15) is 0 Å². The highest BCUT2D eigenvalue weighted by Crippen LogP contribution is 2.05. The summed E-state index contributed by atoms with van der Waals surface area (Å²) in [4.78, 5) is 0. The van der Waals surface area contributed by atoms with Gasteiger partial charge in [-0.05, 0) is 24.8 Å². The Balaban J connectivity index is 2.18. The molecule has 0 atom stereocenters. The van der Waals surface area contributed by atoms with E-state index in [0.29, 0.717) is 0 Å². The molecule has 1 aromatic rings. The quantitative estimate of drug-likeness (QED) is 0.498. The van der Waals surface area contributed by atoms with E-state index in [1.165, 1.54) is 11.6 Å². The topological polar surface area (TPSA) is 0 Å². The number of hydrogen-bond acceptors (Lipinski definition) is 0. The molecule has 0 bridgehead atoms. The summed E-state index contributed by atoms with van der Waals surface area (Å²) in [6, 6.07) is 10.1. The van der Waals surface area contributed by atoms with Gasteiger partial charge in [-0.3, -0.25) is 0 Å².